The third kappa shape index (κ3) is 4.15. The third-order valence-corrected chi connectivity index (χ3v) is 5.28. The molecule has 156 valence electrons. The van der Waals surface area contributed by atoms with E-state index in [9.17, 15) is 13.6 Å². The van der Waals surface area contributed by atoms with E-state index in [0.717, 1.165) is 12.1 Å². The van der Waals surface area contributed by atoms with Crippen LogP contribution in [0.2, 0.25) is 0 Å². The summed E-state index contributed by atoms with van der Waals surface area (Å²) in [5.74, 6) is 0.279. The van der Waals surface area contributed by atoms with Gasteiger partial charge in [-0.15, -0.1) is 0 Å². The molecule has 1 aromatic heterocycles. The molecule has 1 amide bonds. The van der Waals surface area contributed by atoms with E-state index in [1.807, 2.05) is 12.1 Å². The summed E-state index contributed by atoms with van der Waals surface area (Å²) in [6.07, 6.45) is 2.43. The number of para-hydroxylation sites is 2. The number of ether oxygens (including phenoxy) is 1. The lowest BCUT2D eigenvalue weighted by Crippen LogP contribution is -2.30. The number of halogens is 2. The lowest BCUT2D eigenvalue weighted by Gasteiger charge is -2.24. The minimum atomic E-state index is -2.92. The SMILES string of the molecule is CC1Cc2ccccc2N1Cc1occc1C(=O)NCc1ccccc1OC(F)F. The number of furan rings is 1. The van der Waals surface area contributed by atoms with Crippen LogP contribution >= 0.6 is 0 Å². The number of fused-ring (bicyclic) bond motifs is 1. The largest absolute Gasteiger partial charge is 0.467 e. The first-order valence-electron chi connectivity index (χ1n) is 9.74. The minimum absolute atomic E-state index is 0.0442. The number of nitrogens with zero attached hydrogens (tertiary/aromatic N) is 1. The molecule has 30 heavy (non-hydrogen) atoms. The second-order valence-corrected chi connectivity index (χ2v) is 7.24. The molecule has 5 nitrogen and oxygen atoms in total. The van der Waals surface area contributed by atoms with Gasteiger partial charge in [0, 0.05) is 23.8 Å². The van der Waals surface area contributed by atoms with Crippen LogP contribution < -0.4 is 15.0 Å². The molecule has 1 aliphatic rings. The Morgan fingerprint density at radius 2 is 1.97 bits per heavy atom. The zero-order valence-electron chi connectivity index (χ0n) is 16.5. The molecule has 0 spiro atoms. The Hall–Kier alpha value is -3.35. The van der Waals surface area contributed by atoms with E-state index < -0.39 is 6.61 Å². The zero-order valence-corrected chi connectivity index (χ0v) is 16.5. The molecule has 0 saturated heterocycles. The second-order valence-electron chi connectivity index (χ2n) is 7.24. The number of anilines is 1. The Bertz CT molecular complexity index is 1030. The Morgan fingerprint density at radius 3 is 2.80 bits per heavy atom. The van der Waals surface area contributed by atoms with E-state index in [1.165, 1.54) is 17.9 Å². The van der Waals surface area contributed by atoms with Crippen LogP contribution in [-0.4, -0.2) is 18.6 Å². The monoisotopic (exact) mass is 412 g/mol. The van der Waals surface area contributed by atoms with Crippen molar-refractivity contribution in [2.75, 3.05) is 4.90 Å². The third-order valence-electron chi connectivity index (χ3n) is 5.28. The topological polar surface area (TPSA) is 54.7 Å². The molecule has 0 saturated carbocycles. The van der Waals surface area contributed by atoms with Crippen LogP contribution in [0.1, 0.15) is 34.2 Å². The van der Waals surface area contributed by atoms with Crippen LogP contribution in [0.4, 0.5) is 14.5 Å². The number of benzene rings is 2. The lowest BCUT2D eigenvalue weighted by molar-refractivity contribution is -0.0504. The first kappa shape index (κ1) is 19.9. The Morgan fingerprint density at radius 1 is 1.20 bits per heavy atom. The van der Waals surface area contributed by atoms with Crippen molar-refractivity contribution in [3.63, 3.8) is 0 Å². The molecule has 3 aromatic rings. The summed E-state index contributed by atoms with van der Waals surface area (Å²) in [7, 11) is 0. The molecule has 4 rings (SSSR count). The summed E-state index contributed by atoms with van der Waals surface area (Å²) in [6.45, 7) is -0.246. The molecule has 0 fully saturated rings. The van der Waals surface area contributed by atoms with Gasteiger partial charge in [0.25, 0.3) is 5.91 Å². The predicted octanol–water partition coefficient (Wildman–Crippen LogP) is 4.76. The van der Waals surface area contributed by atoms with Crippen LogP contribution in [0.15, 0.2) is 65.3 Å². The highest BCUT2D eigenvalue weighted by Crippen LogP contribution is 2.33. The standard InChI is InChI=1S/C23H22F2N2O3/c1-15-12-16-6-2-4-8-19(16)27(15)14-21-18(10-11-29-21)22(28)26-13-17-7-3-5-9-20(17)30-23(24)25/h2-11,15,23H,12-14H2,1H3,(H,26,28). The molecule has 2 aromatic carbocycles. The highest BCUT2D eigenvalue weighted by molar-refractivity contribution is 5.95. The van der Waals surface area contributed by atoms with Crippen LogP contribution in [-0.2, 0) is 19.5 Å². The number of hydrogen-bond acceptors (Lipinski definition) is 4. The summed E-state index contributed by atoms with van der Waals surface area (Å²) in [6, 6.07) is 16.5. The van der Waals surface area contributed by atoms with Crippen LogP contribution in [0.5, 0.6) is 5.75 Å². The van der Waals surface area contributed by atoms with E-state index in [-0.39, 0.29) is 18.2 Å². The smallest absolute Gasteiger partial charge is 0.387 e. The van der Waals surface area contributed by atoms with Crippen molar-refractivity contribution in [2.24, 2.45) is 0 Å². The number of carbonyl (C=O) groups is 1. The van der Waals surface area contributed by atoms with Crippen LogP contribution in [0.25, 0.3) is 0 Å². The highest BCUT2D eigenvalue weighted by Gasteiger charge is 2.28. The Labute approximate surface area is 173 Å². The fraction of sp³-hybridized carbons (Fsp3) is 0.261. The molecule has 1 unspecified atom stereocenters. The summed E-state index contributed by atoms with van der Waals surface area (Å²) in [5, 5.41) is 2.77. The molecular weight excluding hydrogens is 390 g/mol. The van der Waals surface area contributed by atoms with Gasteiger partial charge < -0.3 is 19.4 Å². The minimum Gasteiger partial charge on any atom is -0.467 e. The number of alkyl halides is 2. The van der Waals surface area contributed by atoms with Crippen LogP contribution in [0, 0.1) is 0 Å². The van der Waals surface area contributed by atoms with Crippen molar-refractivity contribution in [3.8, 4) is 5.75 Å². The number of carbonyl (C=O) groups excluding carboxylic acids is 1. The zero-order chi connectivity index (χ0) is 21.1. The molecule has 1 atom stereocenters. The normalized spacial score (nSPS) is 15.3. The lowest BCUT2D eigenvalue weighted by atomic mass is 10.1. The summed E-state index contributed by atoms with van der Waals surface area (Å²) in [5.41, 5.74) is 3.32. The molecule has 1 aliphatic heterocycles. The maximum atomic E-state index is 12.8. The first-order chi connectivity index (χ1) is 14.5. The van der Waals surface area contributed by atoms with E-state index in [2.05, 4.69) is 34.0 Å². The van der Waals surface area contributed by atoms with Gasteiger partial charge in [0.2, 0.25) is 0 Å². The van der Waals surface area contributed by atoms with Crippen molar-refractivity contribution in [1.29, 1.82) is 0 Å². The number of nitrogens with one attached hydrogen (secondary N) is 1. The average molecular weight is 412 g/mol. The van der Waals surface area contributed by atoms with Gasteiger partial charge >= 0.3 is 6.61 Å². The van der Waals surface area contributed by atoms with Gasteiger partial charge in [0.05, 0.1) is 18.4 Å². The van der Waals surface area contributed by atoms with Crippen molar-refractivity contribution in [2.45, 2.75) is 39.1 Å². The molecule has 7 heteroatoms. The van der Waals surface area contributed by atoms with E-state index in [0.29, 0.717) is 29.5 Å². The average Bonchev–Trinajstić information content (AvgIpc) is 3.31. The fourth-order valence-corrected chi connectivity index (χ4v) is 3.82. The van der Waals surface area contributed by atoms with Crippen molar-refractivity contribution in [3.05, 3.63) is 83.3 Å². The van der Waals surface area contributed by atoms with Gasteiger partial charge in [-0.1, -0.05) is 36.4 Å². The van der Waals surface area contributed by atoms with Crippen LogP contribution in [0.3, 0.4) is 0 Å². The van der Waals surface area contributed by atoms with E-state index in [4.69, 9.17) is 4.42 Å². The number of hydrogen-bond donors (Lipinski definition) is 1. The summed E-state index contributed by atoms with van der Waals surface area (Å²) < 4.78 is 35.3. The quantitative estimate of drug-likeness (QED) is 0.608. The van der Waals surface area contributed by atoms with Crippen molar-refractivity contribution < 1.29 is 22.7 Å². The maximum absolute atomic E-state index is 12.8. The highest BCUT2D eigenvalue weighted by atomic mass is 19.3. The number of amides is 1. The predicted molar refractivity (Wildman–Crippen MR) is 109 cm³/mol. The molecule has 2 heterocycles. The molecule has 1 N–H and O–H groups in total. The van der Waals surface area contributed by atoms with Gasteiger partial charge in [-0.2, -0.15) is 8.78 Å². The van der Waals surface area contributed by atoms with E-state index in [1.54, 1.807) is 24.3 Å². The van der Waals surface area contributed by atoms with Crippen molar-refractivity contribution in [1.82, 2.24) is 5.32 Å². The molecular formula is C23H22F2N2O3. The van der Waals surface area contributed by atoms with Gasteiger partial charge in [0.1, 0.15) is 11.5 Å². The van der Waals surface area contributed by atoms with Crippen molar-refractivity contribution >= 4 is 11.6 Å². The van der Waals surface area contributed by atoms with E-state index >= 15 is 0 Å². The fourth-order valence-electron chi connectivity index (χ4n) is 3.82. The van der Waals surface area contributed by atoms with Gasteiger partial charge in [0.15, 0.2) is 0 Å². The second kappa shape index (κ2) is 8.57. The summed E-state index contributed by atoms with van der Waals surface area (Å²) in [4.78, 5) is 15.0. The Kier molecular flexibility index (Phi) is 5.70. The van der Waals surface area contributed by atoms with Gasteiger partial charge in [-0.3, -0.25) is 4.79 Å². The molecule has 0 radical (unpaired) electrons. The summed E-state index contributed by atoms with van der Waals surface area (Å²) >= 11 is 0. The maximum Gasteiger partial charge on any atom is 0.387 e. The number of rotatable bonds is 7. The first-order valence-corrected chi connectivity index (χ1v) is 9.74. The van der Waals surface area contributed by atoms with Gasteiger partial charge in [-0.25, -0.2) is 0 Å². The Balaban J connectivity index is 1.46. The molecule has 0 bridgehead atoms. The molecule has 0 aliphatic carbocycles. The van der Waals surface area contributed by atoms with Gasteiger partial charge in [-0.05, 0) is 37.1 Å².